The summed E-state index contributed by atoms with van der Waals surface area (Å²) in [5.74, 6) is 0. The van der Waals surface area contributed by atoms with E-state index in [1.807, 2.05) is 32.0 Å². The van der Waals surface area contributed by atoms with Crippen molar-refractivity contribution >= 4 is 20.6 Å². The fourth-order valence-electron chi connectivity index (χ4n) is 0.948. The van der Waals surface area contributed by atoms with Gasteiger partial charge >= 0.3 is 0 Å². The molecule has 0 heterocycles. The number of aryl methyl sites for hydroxylation is 2. The molecule has 2 heteroatoms. The lowest BCUT2D eigenvalue weighted by Gasteiger charge is -2.00. The molecule has 1 nitrogen and oxygen atoms in total. The van der Waals surface area contributed by atoms with Gasteiger partial charge in [-0.05, 0) is 41.4 Å². The summed E-state index contributed by atoms with van der Waals surface area (Å²) in [6.45, 7) is 3.90. The van der Waals surface area contributed by atoms with E-state index in [4.69, 9.17) is 0 Å². The Morgan fingerprint density at radius 3 is 2.45 bits per heavy atom. The molecule has 0 bridgehead atoms. The van der Waals surface area contributed by atoms with Crippen LogP contribution in [0.3, 0.4) is 0 Å². The quantitative estimate of drug-likeness (QED) is 0.655. The molecule has 0 aliphatic carbocycles. The number of carbonyl (C=O) groups is 1. The lowest BCUT2D eigenvalue weighted by atomic mass is 10.1. The van der Waals surface area contributed by atoms with Crippen molar-refractivity contribution in [1.82, 2.24) is 0 Å². The van der Waals surface area contributed by atoms with Gasteiger partial charge in [-0.3, -0.25) is 4.79 Å². The highest BCUT2D eigenvalue weighted by Crippen LogP contribution is 2.13. The molecule has 0 saturated heterocycles. The van der Waals surface area contributed by atoms with E-state index in [0.29, 0.717) is 0 Å². The zero-order valence-electron chi connectivity index (χ0n) is 6.52. The zero-order chi connectivity index (χ0) is 8.43. The average molecular weight is 213 g/mol. The molecule has 0 spiro atoms. The molecule has 11 heavy (non-hydrogen) atoms. The molecule has 0 aliphatic heterocycles. The second-order valence-electron chi connectivity index (χ2n) is 2.59. The van der Waals surface area contributed by atoms with Crippen molar-refractivity contribution in [3.05, 3.63) is 34.9 Å². The number of halogens is 1. The molecular weight excluding hydrogens is 204 g/mol. The van der Waals surface area contributed by atoms with Gasteiger partial charge in [0.25, 0.3) is 0 Å². The third-order valence-corrected chi connectivity index (χ3v) is 2.03. The van der Waals surface area contributed by atoms with E-state index in [1.54, 1.807) is 0 Å². The van der Waals surface area contributed by atoms with Crippen LogP contribution in [0.1, 0.15) is 21.5 Å². The van der Waals surface area contributed by atoms with Gasteiger partial charge in [-0.1, -0.05) is 17.7 Å². The van der Waals surface area contributed by atoms with E-state index in [9.17, 15) is 4.79 Å². The Balaban J connectivity index is 3.23. The average Bonchev–Trinajstić information content (AvgIpc) is 1.94. The monoisotopic (exact) mass is 212 g/mol. The SMILES string of the molecule is Cc1ccc(C)c(C(=O)Br)c1. The van der Waals surface area contributed by atoms with Crippen LogP contribution in [-0.4, -0.2) is 4.69 Å². The summed E-state index contributed by atoms with van der Waals surface area (Å²) in [6.07, 6.45) is 0. The third kappa shape index (κ3) is 1.90. The highest BCUT2D eigenvalue weighted by atomic mass is 79.9. The summed E-state index contributed by atoms with van der Waals surface area (Å²) in [4.78, 5) is 10.9. The first kappa shape index (κ1) is 8.47. The van der Waals surface area contributed by atoms with Crippen molar-refractivity contribution in [2.45, 2.75) is 13.8 Å². The van der Waals surface area contributed by atoms with E-state index in [-0.39, 0.29) is 4.69 Å². The first-order valence-electron chi connectivity index (χ1n) is 3.38. The van der Waals surface area contributed by atoms with Gasteiger partial charge in [-0.15, -0.1) is 0 Å². The van der Waals surface area contributed by atoms with E-state index in [0.717, 1.165) is 16.7 Å². The minimum absolute atomic E-state index is 0.0429. The van der Waals surface area contributed by atoms with E-state index in [1.165, 1.54) is 0 Å². The van der Waals surface area contributed by atoms with E-state index < -0.39 is 0 Å². The van der Waals surface area contributed by atoms with Gasteiger partial charge in [0, 0.05) is 5.56 Å². The van der Waals surface area contributed by atoms with Gasteiger partial charge < -0.3 is 0 Å². The Labute approximate surface area is 74.6 Å². The molecule has 0 N–H and O–H groups in total. The highest BCUT2D eigenvalue weighted by Gasteiger charge is 2.03. The van der Waals surface area contributed by atoms with Crippen LogP contribution in [-0.2, 0) is 0 Å². The van der Waals surface area contributed by atoms with Gasteiger partial charge in [0.15, 0.2) is 0 Å². The van der Waals surface area contributed by atoms with Crippen LogP contribution in [0.4, 0.5) is 0 Å². The van der Waals surface area contributed by atoms with Crippen molar-refractivity contribution in [2.75, 3.05) is 0 Å². The van der Waals surface area contributed by atoms with Crippen LogP contribution in [0.2, 0.25) is 0 Å². The smallest absolute Gasteiger partial charge is 0.228 e. The van der Waals surface area contributed by atoms with Crippen LogP contribution >= 0.6 is 15.9 Å². The standard InChI is InChI=1S/C9H9BrO/c1-6-3-4-7(2)8(5-6)9(10)11/h3-5H,1-2H3. The first-order chi connectivity index (χ1) is 5.11. The molecule has 0 amide bonds. The Morgan fingerprint density at radius 2 is 2.00 bits per heavy atom. The normalized spacial score (nSPS) is 9.73. The second-order valence-corrected chi connectivity index (χ2v) is 3.31. The maximum Gasteiger partial charge on any atom is 0.228 e. The van der Waals surface area contributed by atoms with E-state index >= 15 is 0 Å². The number of hydrogen-bond donors (Lipinski definition) is 0. The molecule has 1 aromatic rings. The van der Waals surface area contributed by atoms with Crippen LogP contribution in [0, 0.1) is 13.8 Å². The predicted molar refractivity (Wildman–Crippen MR) is 49.2 cm³/mol. The zero-order valence-corrected chi connectivity index (χ0v) is 8.10. The van der Waals surface area contributed by atoms with Gasteiger partial charge in [0.05, 0.1) is 0 Å². The van der Waals surface area contributed by atoms with Crippen LogP contribution < -0.4 is 0 Å². The third-order valence-electron chi connectivity index (χ3n) is 1.60. The van der Waals surface area contributed by atoms with Gasteiger partial charge in [-0.25, -0.2) is 0 Å². The van der Waals surface area contributed by atoms with Crippen molar-refractivity contribution in [3.63, 3.8) is 0 Å². The molecule has 0 aromatic heterocycles. The Morgan fingerprint density at radius 1 is 1.36 bits per heavy atom. The highest BCUT2D eigenvalue weighted by molar-refractivity contribution is 9.18. The van der Waals surface area contributed by atoms with Gasteiger partial charge in [-0.2, -0.15) is 0 Å². The number of benzene rings is 1. The van der Waals surface area contributed by atoms with Crippen molar-refractivity contribution in [2.24, 2.45) is 0 Å². The maximum absolute atomic E-state index is 10.9. The summed E-state index contributed by atoms with van der Waals surface area (Å²) in [7, 11) is 0. The minimum atomic E-state index is -0.0429. The molecule has 0 unspecified atom stereocenters. The summed E-state index contributed by atoms with van der Waals surface area (Å²) in [5.41, 5.74) is 2.88. The molecule has 1 rings (SSSR count). The number of hydrogen-bond acceptors (Lipinski definition) is 1. The number of carbonyl (C=O) groups excluding carboxylic acids is 1. The topological polar surface area (TPSA) is 17.1 Å². The molecular formula is C9H9BrO. The molecule has 0 radical (unpaired) electrons. The molecule has 0 aliphatic rings. The summed E-state index contributed by atoms with van der Waals surface area (Å²) < 4.78 is -0.0429. The Bertz CT molecular complexity index is 292. The summed E-state index contributed by atoms with van der Waals surface area (Å²) in [5, 5.41) is 0. The molecule has 58 valence electrons. The Kier molecular flexibility index (Phi) is 2.45. The van der Waals surface area contributed by atoms with Gasteiger partial charge in [0.1, 0.15) is 0 Å². The molecule has 0 fully saturated rings. The lowest BCUT2D eigenvalue weighted by molar-refractivity contribution is 0.109. The fourth-order valence-corrected chi connectivity index (χ4v) is 1.37. The Hall–Kier alpha value is -0.630. The summed E-state index contributed by atoms with van der Waals surface area (Å²) >= 11 is 2.93. The van der Waals surface area contributed by atoms with Crippen LogP contribution in [0.25, 0.3) is 0 Å². The van der Waals surface area contributed by atoms with Crippen molar-refractivity contribution < 1.29 is 4.79 Å². The van der Waals surface area contributed by atoms with Crippen LogP contribution in [0.5, 0.6) is 0 Å². The largest absolute Gasteiger partial charge is 0.281 e. The van der Waals surface area contributed by atoms with E-state index in [2.05, 4.69) is 15.9 Å². The molecule has 0 saturated carbocycles. The lowest BCUT2D eigenvalue weighted by Crippen LogP contribution is -1.92. The number of rotatable bonds is 1. The molecule has 0 atom stereocenters. The summed E-state index contributed by atoms with van der Waals surface area (Å²) in [6, 6.07) is 5.82. The fraction of sp³-hybridized carbons (Fsp3) is 0.222. The van der Waals surface area contributed by atoms with Crippen molar-refractivity contribution in [1.29, 1.82) is 0 Å². The first-order valence-corrected chi connectivity index (χ1v) is 4.17. The van der Waals surface area contributed by atoms with Crippen molar-refractivity contribution in [3.8, 4) is 0 Å². The molecule has 1 aromatic carbocycles. The van der Waals surface area contributed by atoms with Crippen LogP contribution in [0.15, 0.2) is 18.2 Å². The second kappa shape index (κ2) is 3.18. The van der Waals surface area contributed by atoms with Gasteiger partial charge in [0.2, 0.25) is 4.69 Å². The predicted octanol–water partition coefficient (Wildman–Crippen LogP) is 2.84. The minimum Gasteiger partial charge on any atom is -0.281 e. The maximum atomic E-state index is 10.9.